The largest absolute Gasteiger partial charge is 0.356 e. The van der Waals surface area contributed by atoms with Gasteiger partial charge < -0.3 is 5.32 Å². The third-order valence-electron chi connectivity index (χ3n) is 1.41. The first-order valence-corrected chi connectivity index (χ1v) is 2.98. The van der Waals surface area contributed by atoms with E-state index in [0.717, 1.165) is 13.0 Å². The number of nitrogens with one attached hydrogen (secondary N) is 1. The molecule has 0 saturated carbocycles. The number of carbonyl (C=O) groups excluding carboxylic acids is 1. The molecule has 0 aliphatic carbocycles. The predicted octanol–water partition coefficient (Wildman–Crippen LogP) is 0.464. The number of rotatable bonds is 1. The second kappa shape index (κ2) is 2.51. The second-order valence-electron chi connectivity index (χ2n) is 2.06. The fraction of sp³-hybridized carbons (Fsp3) is 0.429. The van der Waals surface area contributed by atoms with E-state index in [-0.39, 0.29) is 11.8 Å². The van der Waals surface area contributed by atoms with E-state index in [1.807, 2.05) is 0 Å². The number of amides is 1. The second-order valence-corrected chi connectivity index (χ2v) is 2.06. The summed E-state index contributed by atoms with van der Waals surface area (Å²) in [5.74, 6) is 0.133. The molecule has 0 aromatic heterocycles. The summed E-state index contributed by atoms with van der Waals surface area (Å²) >= 11 is 0. The molecule has 0 bridgehead atoms. The smallest absolute Gasteiger partial charge is 0.227 e. The Morgan fingerprint density at radius 2 is 2.67 bits per heavy atom. The van der Waals surface area contributed by atoms with Gasteiger partial charge in [-0.3, -0.25) is 4.79 Å². The fourth-order valence-electron chi connectivity index (χ4n) is 0.914. The van der Waals surface area contributed by atoms with Crippen LogP contribution in [0.1, 0.15) is 6.42 Å². The summed E-state index contributed by atoms with van der Waals surface area (Å²) in [5, 5.41) is 2.72. The molecule has 1 aliphatic rings. The molecule has 1 rings (SSSR count). The number of carbonyl (C=O) groups is 1. The van der Waals surface area contributed by atoms with Gasteiger partial charge in [-0.1, -0.05) is 6.58 Å². The summed E-state index contributed by atoms with van der Waals surface area (Å²) in [6.07, 6.45) is 2.60. The van der Waals surface area contributed by atoms with Crippen molar-refractivity contribution in [3.05, 3.63) is 18.4 Å². The Hall–Kier alpha value is -1.01. The minimum Gasteiger partial charge on any atom is -0.356 e. The average Bonchev–Trinajstić information content (AvgIpc) is 2.18. The lowest BCUT2D eigenvalue weighted by Gasteiger charge is -1.92. The van der Waals surface area contributed by atoms with Crippen molar-refractivity contribution >= 4 is 5.91 Å². The van der Waals surface area contributed by atoms with Crippen LogP contribution in [0.15, 0.2) is 18.4 Å². The Labute approximate surface area is 54.3 Å². The van der Waals surface area contributed by atoms with E-state index < -0.39 is 0 Å². The zero-order chi connectivity index (χ0) is 6.69. The molecule has 2 heteroatoms. The number of hydrogen-bond donors (Lipinski definition) is 1. The van der Waals surface area contributed by atoms with Gasteiger partial charge in [0, 0.05) is 6.54 Å². The Bertz CT molecular complexity index is 168. The van der Waals surface area contributed by atoms with Gasteiger partial charge in [0.05, 0.1) is 5.92 Å². The van der Waals surface area contributed by atoms with Gasteiger partial charge in [0.15, 0.2) is 0 Å². The molecular formula is C7H9NO. The van der Waals surface area contributed by atoms with Crippen LogP contribution in [0.5, 0.6) is 0 Å². The van der Waals surface area contributed by atoms with Crippen molar-refractivity contribution in [3.8, 4) is 0 Å². The van der Waals surface area contributed by atoms with Crippen molar-refractivity contribution in [2.45, 2.75) is 6.42 Å². The molecule has 1 aliphatic heterocycles. The van der Waals surface area contributed by atoms with Crippen LogP contribution in [-0.4, -0.2) is 12.5 Å². The highest BCUT2D eigenvalue weighted by Crippen LogP contribution is 2.08. The van der Waals surface area contributed by atoms with E-state index in [1.54, 1.807) is 6.08 Å². The van der Waals surface area contributed by atoms with Gasteiger partial charge in [0.1, 0.15) is 0 Å². The van der Waals surface area contributed by atoms with Crippen LogP contribution in [0, 0.1) is 5.92 Å². The summed E-state index contributed by atoms with van der Waals surface area (Å²) in [6.45, 7) is 4.19. The van der Waals surface area contributed by atoms with Gasteiger partial charge in [-0.2, -0.15) is 0 Å². The zero-order valence-electron chi connectivity index (χ0n) is 5.18. The topological polar surface area (TPSA) is 29.1 Å². The SMILES string of the molecule is C=C=CC1CCNC1=O. The summed E-state index contributed by atoms with van der Waals surface area (Å²) in [6, 6.07) is 0. The monoisotopic (exact) mass is 123 g/mol. The van der Waals surface area contributed by atoms with Crippen LogP contribution >= 0.6 is 0 Å². The molecule has 48 valence electrons. The highest BCUT2D eigenvalue weighted by molar-refractivity contribution is 5.82. The predicted molar refractivity (Wildman–Crippen MR) is 34.8 cm³/mol. The van der Waals surface area contributed by atoms with E-state index in [0.29, 0.717) is 0 Å². The minimum absolute atomic E-state index is 0.0301. The van der Waals surface area contributed by atoms with Crippen molar-refractivity contribution in [2.24, 2.45) is 5.92 Å². The van der Waals surface area contributed by atoms with Crippen molar-refractivity contribution in [1.82, 2.24) is 5.32 Å². The first kappa shape index (κ1) is 6.12. The third-order valence-corrected chi connectivity index (χ3v) is 1.41. The van der Waals surface area contributed by atoms with E-state index in [4.69, 9.17) is 0 Å². The molecule has 1 saturated heterocycles. The van der Waals surface area contributed by atoms with Crippen LogP contribution in [0.4, 0.5) is 0 Å². The molecule has 1 amide bonds. The molecule has 1 atom stereocenters. The van der Waals surface area contributed by atoms with Gasteiger partial charge >= 0.3 is 0 Å². The standard InChI is InChI=1S/C7H9NO/c1-2-3-6-4-5-8-7(6)9/h3,6H,1,4-5H2,(H,8,9). The zero-order valence-corrected chi connectivity index (χ0v) is 5.18. The summed E-state index contributed by atoms with van der Waals surface area (Å²) in [7, 11) is 0. The van der Waals surface area contributed by atoms with Gasteiger partial charge in [0.25, 0.3) is 0 Å². The van der Waals surface area contributed by atoms with Gasteiger partial charge in [0.2, 0.25) is 5.91 Å². The van der Waals surface area contributed by atoms with Crippen molar-refractivity contribution in [3.63, 3.8) is 0 Å². The lowest BCUT2D eigenvalue weighted by Crippen LogP contribution is -2.17. The lowest BCUT2D eigenvalue weighted by atomic mass is 10.1. The van der Waals surface area contributed by atoms with Crippen molar-refractivity contribution < 1.29 is 4.79 Å². The maximum Gasteiger partial charge on any atom is 0.227 e. The van der Waals surface area contributed by atoms with E-state index in [1.165, 1.54) is 0 Å². The van der Waals surface area contributed by atoms with E-state index in [2.05, 4.69) is 17.6 Å². The third kappa shape index (κ3) is 1.21. The normalized spacial score (nSPS) is 24.9. The molecule has 9 heavy (non-hydrogen) atoms. The van der Waals surface area contributed by atoms with Crippen LogP contribution in [-0.2, 0) is 4.79 Å². The molecular weight excluding hydrogens is 114 g/mol. The lowest BCUT2D eigenvalue weighted by molar-refractivity contribution is -0.121. The molecule has 1 fully saturated rings. The minimum atomic E-state index is 0.0301. The van der Waals surface area contributed by atoms with Crippen LogP contribution < -0.4 is 5.32 Å². The molecule has 0 radical (unpaired) electrons. The maximum atomic E-state index is 10.8. The quantitative estimate of drug-likeness (QED) is 0.504. The van der Waals surface area contributed by atoms with Gasteiger partial charge in [-0.25, -0.2) is 0 Å². The molecule has 1 heterocycles. The first-order valence-electron chi connectivity index (χ1n) is 2.98. The summed E-state index contributed by atoms with van der Waals surface area (Å²) in [4.78, 5) is 10.8. The first-order chi connectivity index (χ1) is 4.34. The van der Waals surface area contributed by atoms with E-state index >= 15 is 0 Å². The average molecular weight is 123 g/mol. The van der Waals surface area contributed by atoms with Crippen LogP contribution in [0.25, 0.3) is 0 Å². The highest BCUT2D eigenvalue weighted by atomic mass is 16.2. The molecule has 0 spiro atoms. The van der Waals surface area contributed by atoms with Crippen molar-refractivity contribution in [2.75, 3.05) is 6.54 Å². The van der Waals surface area contributed by atoms with Gasteiger partial charge in [-0.15, -0.1) is 5.73 Å². The van der Waals surface area contributed by atoms with Crippen LogP contribution in [0.2, 0.25) is 0 Å². The van der Waals surface area contributed by atoms with Gasteiger partial charge in [-0.05, 0) is 12.5 Å². The Morgan fingerprint density at radius 3 is 3.11 bits per heavy atom. The molecule has 2 nitrogen and oxygen atoms in total. The Balaban J connectivity index is 2.59. The fourth-order valence-corrected chi connectivity index (χ4v) is 0.914. The molecule has 0 aromatic rings. The van der Waals surface area contributed by atoms with E-state index in [9.17, 15) is 4.79 Å². The van der Waals surface area contributed by atoms with Crippen LogP contribution in [0.3, 0.4) is 0 Å². The maximum absolute atomic E-state index is 10.8. The molecule has 1 unspecified atom stereocenters. The highest BCUT2D eigenvalue weighted by Gasteiger charge is 2.20. The summed E-state index contributed by atoms with van der Waals surface area (Å²) in [5.41, 5.74) is 2.60. The van der Waals surface area contributed by atoms with Crippen molar-refractivity contribution in [1.29, 1.82) is 0 Å². The number of hydrogen-bond acceptors (Lipinski definition) is 1. The Kier molecular flexibility index (Phi) is 1.71. The Morgan fingerprint density at radius 1 is 1.89 bits per heavy atom. The summed E-state index contributed by atoms with van der Waals surface area (Å²) < 4.78 is 0. The molecule has 1 N–H and O–H groups in total. The molecule has 0 aromatic carbocycles.